The summed E-state index contributed by atoms with van der Waals surface area (Å²) in [4.78, 5) is 2.58. The summed E-state index contributed by atoms with van der Waals surface area (Å²) < 4.78 is 33.9. The van der Waals surface area contributed by atoms with E-state index in [2.05, 4.69) is 34.7 Å². The lowest BCUT2D eigenvalue weighted by Crippen LogP contribution is -2.57. The molecule has 0 bridgehead atoms. The molecule has 0 amide bonds. The second-order valence-corrected chi connectivity index (χ2v) is 11.9. The lowest BCUT2D eigenvalue weighted by Gasteiger charge is -2.46. The molecule has 1 N–H and O–H groups in total. The number of rotatable bonds is 7. The second kappa shape index (κ2) is 10.4. The van der Waals surface area contributed by atoms with Crippen molar-refractivity contribution in [1.29, 1.82) is 0 Å². The SMILES string of the molecule is Cc1cc(C2CCC(N3C[C@H](CNS(C)(=O)=O)OC[C@@H]3Cc3ccc(Cl)cc3)CC2)nn1C. The normalized spacial score (nSPS) is 27.0. The first-order valence-corrected chi connectivity index (χ1v) is 14.0. The standard InChI is InChI=1S/C24H35ClN4O3S/c1-17-12-24(27-28(17)2)19-6-10-21(11-7-19)29-15-23(14-26-33(3,30)31)32-16-22(29)13-18-4-8-20(25)9-5-18/h4-5,8-9,12,19,21-23,26H,6-7,10-11,13-16H2,1-3H3/t19?,21?,22-,23-/m0/s1. The molecule has 2 aliphatic rings. The number of morpholine rings is 1. The van der Waals surface area contributed by atoms with Crippen LogP contribution in [0.25, 0.3) is 0 Å². The van der Waals surface area contributed by atoms with Crippen LogP contribution in [0.5, 0.6) is 0 Å². The molecule has 4 rings (SSSR count). The fourth-order valence-electron chi connectivity index (χ4n) is 5.15. The van der Waals surface area contributed by atoms with Crippen LogP contribution in [-0.4, -0.2) is 67.2 Å². The average Bonchev–Trinajstić information content (AvgIpc) is 3.12. The maximum Gasteiger partial charge on any atom is 0.208 e. The van der Waals surface area contributed by atoms with Gasteiger partial charge in [0.05, 0.1) is 24.7 Å². The number of aromatic nitrogens is 2. The molecule has 182 valence electrons. The lowest BCUT2D eigenvalue weighted by molar-refractivity contribution is -0.0814. The topological polar surface area (TPSA) is 76.5 Å². The smallest absolute Gasteiger partial charge is 0.208 e. The van der Waals surface area contributed by atoms with E-state index < -0.39 is 10.0 Å². The molecule has 1 aromatic heterocycles. The second-order valence-electron chi connectivity index (χ2n) is 9.60. The number of hydrogen-bond acceptors (Lipinski definition) is 5. The van der Waals surface area contributed by atoms with Crippen molar-refractivity contribution in [2.45, 2.75) is 63.1 Å². The molecule has 1 aliphatic heterocycles. The van der Waals surface area contributed by atoms with Crippen molar-refractivity contribution in [2.24, 2.45) is 7.05 Å². The zero-order chi connectivity index (χ0) is 23.6. The van der Waals surface area contributed by atoms with Gasteiger partial charge in [-0.2, -0.15) is 5.10 Å². The van der Waals surface area contributed by atoms with Gasteiger partial charge in [0.15, 0.2) is 0 Å². The molecule has 1 aromatic carbocycles. The molecule has 9 heteroatoms. The molecule has 33 heavy (non-hydrogen) atoms. The molecule has 0 radical (unpaired) electrons. The van der Waals surface area contributed by atoms with Gasteiger partial charge in [-0.15, -0.1) is 0 Å². The van der Waals surface area contributed by atoms with E-state index in [4.69, 9.17) is 21.4 Å². The van der Waals surface area contributed by atoms with Gasteiger partial charge in [0, 0.05) is 48.9 Å². The van der Waals surface area contributed by atoms with Gasteiger partial charge in [-0.1, -0.05) is 23.7 Å². The summed E-state index contributed by atoms with van der Waals surface area (Å²) in [6, 6.07) is 11.0. The van der Waals surface area contributed by atoms with Gasteiger partial charge in [-0.3, -0.25) is 9.58 Å². The van der Waals surface area contributed by atoms with Gasteiger partial charge >= 0.3 is 0 Å². The zero-order valence-corrected chi connectivity index (χ0v) is 21.3. The van der Waals surface area contributed by atoms with Crippen LogP contribution in [0.1, 0.15) is 48.6 Å². The highest BCUT2D eigenvalue weighted by atomic mass is 35.5. The summed E-state index contributed by atoms with van der Waals surface area (Å²) in [5.41, 5.74) is 3.65. The summed E-state index contributed by atoms with van der Waals surface area (Å²) in [5.74, 6) is 0.514. The Morgan fingerprint density at radius 2 is 1.88 bits per heavy atom. The van der Waals surface area contributed by atoms with E-state index in [-0.39, 0.29) is 12.1 Å². The number of halogens is 1. The maximum absolute atomic E-state index is 11.6. The summed E-state index contributed by atoms with van der Waals surface area (Å²) >= 11 is 6.07. The third kappa shape index (κ3) is 6.57. The van der Waals surface area contributed by atoms with Gasteiger partial charge in [-0.25, -0.2) is 13.1 Å². The van der Waals surface area contributed by atoms with Crippen LogP contribution in [0.2, 0.25) is 5.02 Å². The third-order valence-electron chi connectivity index (χ3n) is 7.08. The molecular formula is C24H35ClN4O3S. The first-order valence-electron chi connectivity index (χ1n) is 11.7. The number of benzene rings is 1. The predicted molar refractivity (Wildman–Crippen MR) is 131 cm³/mol. The molecule has 7 nitrogen and oxygen atoms in total. The van der Waals surface area contributed by atoms with Crippen molar-refractivity contribution < 1.29 is 13.2 Å². The number of ether oxygens (including phenoxy) is 1. The Labute approximate surface area is 202 Å². The van der Waals surface area contributed by atoms with Crippen LogP contribution in [-0.2, 0) is 28.2 Å². The van der Waals surface area contributed by atoms with Crippen LogP contribution in [0.4, 0.5) is 0 Å². The Hall–Kier alpha value is -1.45. The van der Waals surface area contributed by atoms with Gasteiger partial charge < -0.3 is 4.74 Å². The Bertz CT molecular complexity index is 1010. The van der Waals surface area contributed by atoms with Crippen LogP contribution in [0.3, 0.4) is 0 Å². The van der Waals surface area contributed by atoms with E-state index in [0.717, 1.165) is 43.7 Å². The summed E-state index contributed by atoms with van der Waals surface area (Å²) in [7, 11) is -1.24. The fraction of sp³-hybridized carbons (Fsp3) is 0.625. The van der Waals surface area contributed by atoms with Gasteiger partial charge in [0.2, 0.25) is 10.0 Å². The third-order valence-corrected chi connectivity index (χ3v) is 8.03. The van der Waals surface area contributed by atoms with Gasteiger partial charge in [0.1, 0.15) is 0 Å². The molecule has 1 saturated heterocycles. The monoisotopic (exact) mass is 494 g/mol. The van der Waals surface area contributed by atoms with E-state index in [1.54, 1.807) is 0 Å². The maximum atomic E-state index is 11.6. The number of nitrogens with one attached hydrogen (secondary N) is 1. The minimum atomic E-state index is -3.24. The van der Waals surface area contributed by atoms with Crippen LogP contribution in [0.15, 0.2) is 30.3 Å². The molecule has 2 atom stereocenters. The number of nitrogens with zero attached hydrogens (tertiary/aromatic N) is 3. The average molecular weight is 495 g/mol. The van der Waals surface area contributed by atoms with E-state index in [0.29, 0.717) is 25.1 Å². The van der Waals surface area contributed by atoms with Crippen molar-refractivity contribution in [3.05, 3.63) is 52.3 Å². The van der Waals surface area contributed by atoms with Crippen molar-refractivity contribution in [2.75, 3.05) is 26.0 Å². The number of sulfonamides is 1. The van der Waals surface area contributed by atoms with E-state index in [9.17, 15) is 8.42 Å². The van der Waals surface area contributed by atoms with Gasteiger partial charge in [-0.05, 0) is 62.8 Å². The zero-order valence-electron chi connectivity index (χ0n) is 19.7. The highest BCUT2D eigenvalue weighted by molar-refractivity contribution is 7.88. The number of aryl methyl sites for hydroxylation is 2. The van der Waals surface area contributed by atoms with E-state index in [1.165, 1.54) is 23.2 Å². The molecule has 0 unspecified atom stereocenters. The Kier molecular flexibility index (Phi) is 7.80. The Morgan fingerprint density at radius 1 is 1.18 bits per heavy atom. The quantitative estimate of drug-likeness (QED) is 0.639. The van der Waals surface area contributed by atoms with Crippen molar-refractivity contribution in [3.8, 4) is 0 Å². The lowest BCUT2D eigenvalue weighted by atomic mass is 9.82. The van der Waals surface area contributed by atoms with Crippen molar-refractivity contribution in [1.82, 2.24) is 19.4 Å². The predicted octanol–water partition coefficient (Wildman–Crippen LogP) is 3.27. The summed E-state index contributed by atoms with van der Waals surface area (Å²) in [6.45, 7) is 3.74. The van der Waals surface area contributed by atoms with Crippen LogP contribution < -0.4 is 4.72 Å². The molecule has 0 spiro atoms. The first kappa shape index (κ1) is 24.7. The largest absolute Gasteiger partial charge is 0.374 e. The molecule has 2 heterocycles. The highest BCUT2D eigenvalue weighted by Gasteiger charge is 2.36. The van der Waals surface area contributed by atoms with Crippen molar-refractivity contribution >= 4 is 21.6 Å². The molecule has 2 aromatic rings. The van der Waals surface area contributed by atoms with E-state index in [1.807, 2.05) is 23.9 Å². The first-order chi connectivity index (χ1) is 15.7. The molecule has 1 saturated carbocycles. The van der Waals surface area contributed by atoms with Gasteiger partial charge in [0.25, 0.3) is 0 Å². The fourth-order valence-corrected chi connectivity index (χ4v) is 5.77. The van der Waals surface area contributed by atoms with Crippen LogP contribution in [0, 0.1) is 6.92 Å². The molecule has 1 aliphatic carbocycles. The van der Waals surface area contributed by atoms with Crippen LogP contribution >= 0.6 is 11.6 Å². The summed E-state index contributed by atoms with van der Waals surface area (Å²) in [6.07, 6.45) is 6.42. The van der Waals surface area contributed by atoms with Crippen molar-refractivity contribution in [3.63, 3.8) is 0 Å². The molecular weight excluding hydrogens is 460 g/mol. The summed E-state index contributed by atoms with van der Waals surface area (Å²) in [5, 5.41) is 5.46. The molecule has 2 fully saturated rings. The van der Waals surface area contributed by atoms with E-state index >= 15 is 0 Å². The minimum Gasteiger partial charge on any atom is -0.374 e. The minimum absolute atomic E-state index is 0.141. The Balaban J connectivity index is 1.44. The number of hydrogen-bond donors (Lipinski definition) is 1. The highest BCUT2D eigenvalue weighted by Crippen LogP contribution is 2.36. The Morgan fingerprint density at radius 3 is 2.48 bits per heavy atom.